The van der Waals surface area contributed by atoms with Crippen molar-refractivity contribution in [2.45, 2.75) is 0 Å². The van der Waals surface area contributed by atoms with Gasteiger partial charge in [0.15, 0.2) is 0 Å². The Labute approximate surface area is 192 Å². The van der Waals surface area contributed by atoms with E-state index in [1.807, 2.05) is 12.1 Å². The summed E-state index contributed by atoms with van der Waals surface area (Å²) in [6.07, 6.45) is 2.98. The molecule has 0 saturated carbocycles. The van der Waals surface area contributed by atoms with Gasteiger partial charge >= 0.3 is 5.97 Å². The highest BCUT2D eigenvalue weighted by Crippen LogP contribution is 2.24. The number of anilines is 2. The summed E-state index contributed by atoms with van der Waals surface area (Å²) in [5.74, 6) is -1.40. The van der Waals surface area contributed by atoms with Crippen molar-refractivity contribution < 1.29 is 24.2 Å². The van der Waals surface area contributed by atoms with Crippen molar-refractivity contribution in [3.8, 4) is 5.75 Å². The average molecular weight is 495 g/mol. The fraction of sp³-hybridized carbons (Fsp3) is 0.0417. The number of rotatable bonds is 7. The SMILES string of the molecule is COc1ccc(Br)cc1C=CC(=O)Nc1cccc(C(=O)Nc2ccccc2C(=O)O)c1. The van der Waals surface area contributed by atoms with Gasteiger partial charge in [0, 0.05) is 27.4 Å². The van der Waals surface area contributed by atoms with Crippen LogP contribution in [0.3, 0.4) is 0 Å². The molecule has 0 saturated heterocycles. The van der Waals surface area contributed by atoms with Gasteiger partial charge in [-0.25, -0.2) is 4.79 Å². The van der Waals surface area contributed by atoms with Crippen LogP contribution in [-0.2, 0) is 4.79 Å². The molecule has 3 N–H and O–H groups in total. The summed E-state index contributed by atoms with van der Waals surface area (Å²) in [6.45, 7) is 0. The maximum absolute atomic E-state index is 12.6. The van der Waals surface area contributed by atoms with Crippen molar-refractivity contribution in [2.75, 3.05) is 17.7 Å². The van der Waals surface area contributed by atoms with Crippen LogP contribution in [0.5, 0.6) is 5.75 Å². The molecule has 0 bridgehead atoms. The standard InChI is InChI=1S/C24H19BrN2O5/c1-32-21-11-10-17(25)13-15(21)9-12-22(28)26-18-6-4-5-16(14-18)23(29)27-20-8-3-2-7-19(20)24(30)31/h2-14H,1H3,(H,26,28)(H,27,29)(H,30,31). The lowest BCUT2D eigenvalue weighted by Gasteiger charge is -2.09. The molecule has 0 spiro atoms. The molecule has 3 aromatic carbocycles. The Hall–Kier alpha value is -3.91. The largest absolute Gasteiger partial charge is 0.496 e. The number of methoxy groups -OCH3 is 1. The lowest BCUT2D eigenvalue weighted by Crippen LogP contribution is -2.15. The summed E-state index contributed by atoms with van der Waals surface area (Å²) >= 11 is 3.38. The molecule has 0 heterocycles. The molecular formula is C24H19BrN2O5. The van der Waals surface area contributed by atoms with Crippen molar-refractivity contribution in [1.82, 2.24) is 0 Å². The Balaban J connectivity index is 1.71. The predicted octanol–water partition coefficient (Wildman–Crippen LogP) is 5.06. The maximum Gasteiger partial charge on any atom is 0.337 e. The number of carboxylic acids is 1. The quantitative estimate of drug-likeness (QED) is 0.398. The number of carbonyl (C=O) groups excluding carboxylic acids is 2. The predicted molar refractivity (Wildman–Crippen MR) is 126 cm³/mol. The molecule has 2 amide bonds. The second-order valence-electron chi connectivity index (χ2n) is 6.59. The second kappa shape index (κ2) is 10.4. The number of ether oxygens (including phenoxy) is 1. The first kappa shape index (κ1) is 22.8. The minimum Gasteiger partial charge on any atom is -0.496 e. The van der Waals surface area contributed by atoms with Crippen LogP contribution in [0.4, 0.5) is 11.4 Å². The van der Waals surface area contributed by atoms with Crippen molar-refractivity contribution in [3.05, 3.63) is 94.0 Å². The lowest BCUT2D eigenvalue weighted by atomic mass is 10.1. The fourth-order valence-electron chi connectivity index (χ4n) is 2.90. The average Bonchev–Trinajstić information content (AvgIpc) is 2.78. The Morgan fingerprint density at radius 3 is 2.50 bits per heavy atom. The normalized spacial score (nSPS) is 10.6. The number of para-hydroxylation sites is 1. The van der Waals surface area contributed by atoms with Crippen LogP contribution >= 0.6 is 15.9 Å². The zero-order chi connectivity index (χ0) is 23.1. The van der Waals surface area contributed by atoms with Crippen LogP contribution in [0.2, 0.25) is 0 Å². The van der Waals surface area contributed by atoms with Crippen molar-refractivity contribution in [3.63, 3.8) is 0 Å². The third-order valence-electron chi connectivity index (χ3n) is 4.40. The monoisotopic (exact) mass is 494 g/mol. The van der Waals surface area contributed by atoms with E-state index in [1.165, 1.54) is 24.3 Å². The van der Waals surface area contributed by atoms with Gasteiger partial charge in [-0.2, -0.15) is 0 Å². The van der Waals surface area contributed by atoms with Gasteiger partial charge in [0.25, 0.3) is 5.91 Å². The van der Waals surface area contributed by atoms with E-state index in [0.29, 0.717) is 11.4 Å². The highest BCUT2D eigenvalue weighted by atomic mass is 79.9. The van der Waals surface area contributed by atoms with E-state index in [1.54, 1.807) is 49.6 Å². The number of carboxylic acid groups (broad SMARTS) is 1. The first-order chi connectivity index (χ1) is 15.4. The molecule has 0 atom stereocenters. The van der Waals surface area contributed by atoms with Gasteiger partial charge in [0.1, 0.15) is 5.75 Å². The van der Waals surface area contributed by atoms with Crippen LogP contribution < -0.4 is 15.4 Å². The molecule has 8 heteroatoms. The molecule has 0 aliphatic heterocycles. The zero-order valence-corrected chi connectivity index (χ0v) is 18.5. The third kappa shape index (κ3) is 5.83. The minimum atomic E-state index is -1.14. The number of amides is 2. The number of hydrogen-bond donors (Lipinski definition) is 3. The Morgan fingerprint density at radius 2 is 1.75 bits per heavy atom. The molecule has 0 radical (unpaired) electrons. The zero-order valence-electron chi connectivity index (χ0n) is 17.0. The van der Waals surface area contributed by atoms with Crippen LogP contribution in [0, 0.1) is 0 Å². The molecule has 0 aliphatic carbocycles. The van der Waals surface area contributed by atoms with Gasteiger partial charge in [-0.15, -0.1) is 0 Å². The summed E-state index contributed by atoms with van der Waals surface area (Å²) < 4.78 is 6.13. The van der Waals surface area contributed by atoms with Crippen LogP contribution in [0.25, 0.3) is 6.08 Å². The second-order valence-corrected chi connectivity index (χ2v) is 7.51. The van der Waals surface area contributed by atoms with Crippen molar-refractivity contribution in [1.29, 1.82) is 0 Å². The van der Waals surface area contributed by atoms with E-state index in [9.17, 15) is 19.5 Å². The topological polar surface area (TPSA) is 105 Å². The van der Waals surface area contributed by atoms with E-state index < -0.39 is 11.9 Å². The van der Waals surface area contributed by atoms with Crippen LogP contribution in [0.1, 0.15) is 26.3 Å². The number of carbonyl (C=O) groups is 3. The van der Waals surface area contributed by atoms with Gasteiger partial charge in [0.05, 0.1) is 18.4 Å². The molecule has 0 aromatic heterocycles. The van der Waals surface area contributed by atoms with Crippen molar-refractivity contribution in [2.24, 2.45) is 0 Å². The van der Waals surface area contributed by atoms with Crippen LogP contribution in [0.15, 0.2) is 77.3 Å². The van der Waals surface area contributed by atoms with Gasteiger partial charge in [0.2, 0.25) is 5.91 Å². The number of hydrogen-bond acceptors (Lipinski definition) is 4. The van der Waals surface area contributed by atoms with E-state index in [4.69, 9.17) is 4.74 Å². The van der Waals surface area contributed by atoms with Gasteiger partial charge in [-0.1, -0.05) is 34.1 Å². The molecule has 3 rings (SSSR count). The lowest BCUT2D eigenvalue weighted by molar-refractivity contribution is -0.111. The van der Waals surface area contributed by atoms with Gasteiger partial charge in [-0.3, -0.25) is 9.59 Å². The number of aromatic carboxylic acids is 1. The fourth-order valence-corrected chi connectivity index (χ4v) is 3.27. The molecule has 7 nitrogen and oxygen atoms in total. The Kier molecular flexibility index (Phi) is 7.41. The number of nitrogens with one attached hydrogen (secondary N) is 2. The summed E-state index contributed by atoms with van der Waals surface area (Å²) in [4.78, 5) is 36.3. The molecule has 162 valence electrons. The molecule has 0 fully saturated rings. The molecular weight excluding hydrogens is 476 g/mol. The first-order valence-electron chi connectivity index (χ1n) is 9.43. The molecule has 32 heavy (non-hydrogen) atoms. The molecule has 3 aromatic rings. The minimum absolute atomic E-state index is 0.0154. The maximum atomic E-state index is 12.6. The van der Waals surface area contributed by atoms with Crippen LogP contribution in [-0.4, -0.2) is 30.0 Å². The Morgan fingerprint density at radius 1 is 0.969 bits per heavy atom. The number of benzene rings is 3. The highest BCUT2D eigenvalue weighted by Gasteiger charge is 2.13. The van der Waals surface area contributed by atoms with E-state index >= 15 is 0 Å². The summed E-state index contributed by atoms with van der Waals surface area (Å²) in [5, 5.41) is 14.5. The summed E-state index contributed by atoms with van der Waals surface area (Å²) in [7, 11) is 1.55. The third-order valence-corrected chi connectivity index (χ3v) is 4.90. The smallest absolute Gasteiger partial charge is 0.337 e. The van der Waals surface area contributed by atoms with E-state index in [0.717, 1.165) is 10.0 Å². The highest BCUT2D eigenvalue weighted by molar-refractivity contribution is 9.10. The van der Waals surface area contributed by atoms with Gasteiger partial charge in [-0.05, 0) is 54.6 Å². The first-order valence-corrected chi connectivity index (χ1v) is 10.2. The summed E-state index contributed by atoms with van der Waals surface area (Å²) in [5.41, 5.74) is 1.58. The van der Waals surface area contributed by atoms with E-state index in [2.05, 4.69) is 26.6 Å². The summed E-state index contributed by atoms with van der Waals surface area (Å²) in [6, 6.07) is 17.9. The molecule has 0 aliphatic rings. The van der Waals surface area contributed by atoms with Gasteiger partial charge < -0.3 is 20.5 Å². The Bertz CT molecular complexity index is 1210. The van der Waals surface area contributed by atoms with E-state index in [-0.39, 0.29) is 22.7 Å². The molecule has 0 unspecified atom stereocenters. The van der Waals surface area contributed by atoms with Crippen molar-refractivity contribution >= 4 is 51.2 Å². The number of halogens is 1.